The van der Waals surface area contributed by atoms with Gasteiger partial charge in [-0.3, -0.25) is 9.79 Å². The summed E-state index contributed by atoms with van der Waals surface area (Å²) < 4.78 is 0.844. The summed E-state index contributed by atoms with van der Waals surface area (Å²) in [6, 6.07) is -1.31. The van der Waals surface area contributed by atoms with Crippen molar-refractivity contribution in [3.05, 3.63) is 0 Å². The van der Waals surface area contributed by atoms with E-state index in [4.69, 9.17) is 75.3 Å². The molecule has 0 aromatic rings. The quantitative estimate of drug-likeness (QED) is 0.0293. The van der Waals surface area contributed by atoms with Crippen molar-refractivity contribution >= 4 is 17.9 Å². The van der Waals surface area contributed by atoms with Gasteiger partial charge < -0.3 is 90.4 Å². The zero-order valence-corrected chi connectivity index (χ0v) is 28.7. The number of quaternary nitrogens is 2. The van der Waals surface area contributed by atoms with Crippen LogP contribution >= 0.6 is 0 Å². The maximum Gasteiger partial charge on any atom is 0.362 e. The lowest BCUT2D eigenvalue weighted by Crippen LogP contribution is -2.64. The molecule has 20 heteroatoms. The Labute approximate surface area is 274 Å². The molecule has 2 atom stereocenters. The van der Waals surface area contributed by atoms with Crippen molar-refractivity contribution in [3.8, 4) is 0 Å². The van der Waals surface area contributed by atoms with Crippen molar-refractivity contribution < 1.29 is 60.7 Å². The van der Waals surface area contributed by atoms with Crippen molar-refractivity contribution in [1.29, 1.82) is 0 Å². The van der Waals surface area contributed by atoms with E-state index in [1.807, 2.05) is 19.0 Å². The van der Waals surface area contributed by atoms with E-state index in [1.54, 1.807) is 0 Å². The lowest BCUT2D eigenvalue weighted by atomic mass is 10.1. The zero-order chi connectivity index (χ0) is 37.8. The Hall–Kier alpha value is -2.31. The molecule has 46 heavy (non-hydrogen) atoms. The molecule has 282 valence electrons. The van der Waals surface area contributed by atoms with Gasteiger partial charge in [-0.05, 0) is 39.9 Å². The molecule has 0 rings (SSSR count). The number of hydrogen-bond donors (Lipinski definition) is 15. The van der Waals surface area contributed by atoms with Gasteiger partial charge >= 0.3 is 11.9 Å². The first kappa shape index (κ1) is 56.1. The molecule has 0 bridgehead atoms. The third-order valence-electron chi connectivity index (χ3n) is 4.78. The molecule has 0 aromatic carbocycles. The Morgan fingerprint density at radius 2 is 1.28 bits per heavy atom. The summed E-state index contributed by atoms with van der Waals surface area (Å²) >= 11 is 0. The number of aliphatic carboxylic acids is 2. The summed E-state index contributed by atoms with van der Waals surface area (Å²) in [6.45, 7) is 2.36. The predicted molar refractivity (Wildman–Crippen MR) is 178 cm³/mol. The number of nitrogens with zero attached hydrogens (tertiary/aromatic N) is 3. The van der Waals surface area contributed by atoms with E-state index in [2.05, 4.69) is 31.9 Å². The van der Waals surface area contributed by atoms with E-state index >= 15 is 0 Å². The van der Waals surface area contributed by atoms with Crippen LogP contribution in [0.3, 0.4) is 0 Å². The largest absolute Gasteiger partial charge is 0.480 e. The summed E-state index contributed by atoms with van der Waals surface area (Å²) in [5.74, 6) is -1.81. The van der Waals surface area contributed by atoms with Crippen LogP contribution in [0.25, 0.3) is 0 Å². The number of aliphatic imine (C=N–C) groups is 1. The zero-order valence-electron chi connectivity index (χ0n) is 28.7. The Kier molecular flexibility index (Phi) is 47.4. The van der Waals surface area contributed by atoms with E-state index in [0.29, 0.717) is 45.3 Å². The Morgan fingerprint density at radius 3 is 1.46 bits per heavy atom. The van der Waals surface area contributed by atoms with Crippen LogP contribution in [-0.4, -0.2) is 193 Å². The first-order chi connectivity index (χ1) is 21.1. The van der Waals surface area contributed by atoms with E-state index in [-0.39, 0.29) is 25.8 Å². The second-order valence-electron chi connectivity index (χ2n) is 11.0. The van der Waals surface area contributed by atoms with Gasteiger partial charge in [0.15, 0.2) is 12.0 Å². The molecule has 0 fully saturated rings. The van der Waals surface area contributed by atoms with E-state index in [1.165, 1.54) is 0 Å². The highest BCUT2D eigenvalue weighted by Crippen LogP contribution is 1.94. The molecule has 23 N–H and O–H groups in total. The van der Waals surface area contributed by atoms with E-state index in [0.717, 1.165) is 17.6 Å². The molecular formula is C26H70N10O10+2. The Balaban J connectivity index is -0.000000107. The number of nitrogens with two attached hydrogens (primary N) is 6. The third kappa shape index (κ3) is 60.8. The predicted octanol–water partition coefficient (Wildman–Crippen LogP) is -7.30. The monoisotopic (exact) mass is 683 g/mol. The standard InChI is InChI=1S/C6H14N4O2.C5H12N2O2.C5H14NO.C4H11NO3.C4H11NO.C2H7NO/c7-4(5(11)12)2-1-3-10-6(8)9;6-3-1-2-4(7)5(8)9;1-6(2,3)4-5-7;5-4(1-6,2-7)3-8;1-5(2)3-4-6;3-1-2-4/h4H,1-3,7H2,(H,11,12)(H4,8,9,10);4H,1-3,6-7H2,(H,8,9);7H,4-5H2,1-3H3;6-8H,1-3,5H2;6H,3-4H2,1-2H3;4H,1-3H2/q;;+1;;;/p+1/t2*4-;;;;/m00..../s1. The van der Waals surface area contributed by atoms with Crippen LogP contribution in [0, 0.1) is 0 Å². The molecule has 0 aromatic heterocycles. The number of carboxylic acids is 2. The summed E-state index contributed by atoms with van der Waals surface area (Å²) in [5, 5.41) is 66.0. The minimum absolute atomic E-state index is 0.0333. The van der Waals surface area contributed by atoms with Gasteiger partial charge in [0.05, 0.1) is 66.3 Å². The summed E-state index contributed by atoms with van der Waals surface area (Å²) in [7, 11) is 10.0. The molecule has 0 spiro atoms. The van der Waals surface area contributed by atoms with Crippen LogP contribution < -0.4 is 40.1 Å². The molecule has 20 nitrogen and oxygen atoms in total. The fourth-order valence-corrected chi connectivity index (χ4v) is 1.78. The van der Waals surface area contributed by atoms with Gasteiger partial charge in [-0.25, -0.2) is 4.79 Å². The van der Waals surface area contributed by atoms with E-state index in [9.17, 15) is 9.59 Å². The molecule has 0 saturated heterocycles. The molecule has 0 aliphatic heterocycles. The fraction of sp³-hybridized carbons (Fsp3) is 0.885. The number of carboxylic acid groups (broad SMARTS) is 2. The SMILES string of the molecule is CN(C)CCO.C[N+](C)(C)CCO.NC(CO)(CO)CO.NC(N)=NCCC[C@H]([NH3+])C(=O)O.NCCC[C@H](N)C(=O)O.NCCO. The minimum Gasteiger partial charge on any atom is -0.480 e. The number of likely N-dealkylation sites (N-methyl/N-ethyl adjacent to an activating group) is 2. The van der Waals surface area contributed by atoms with Crippen LogP contribution in [0.2, 0.25) is 0 Å². The summed E-state index contributed by atoms with van der Waals surface area (Å²) in [6.07, 6.45) is 2.27. The average molecular weight is 683 g/mol. The topological polar surface area (TPSA) is 395 Å². The van der Waals surface area contributed by atoms with Gasteiger partial charge in [0.1, 0.15) is 12.6 Å². The van der Waals surface area contributed by atoms with Gasteiger partial charge in [-0.1, -0.05) is 0 Å². The molecule has 0 aliphatic rings. The van der Waals surface area contributed by atoms with Crippen LogP contribution in [0.5, 0.6) is 0 Å². The molecule has 0 saturated carbocycles. The van der Waals surface area contributed by atoms with Crippen molar-refractivity contribution in [2.75, 3.05) is 108 Å². The third-order valence-corrected chi connectivity index (χ3v) is 4.78. The Morgan fingerprint density at radius 1 is 0.826 bits per heavy atom. The number of hydrogen-bond acceptors (Lipinski definition) is 14. The van der Waals surface area contributed by atoms with Gasteiger partial charge in [0, 0.05) is 26.1 Å². The lowest BCUT2D eigenvalue weighted by molar-refractivity contribution is -0.870. The minimum atomic E-state index is -1.21. The highest BCUT2D eigenvalue weighted by atomic mass is 16.4. The number of aliphatic hydroxyl groups is 6. The molecule has 0 unspecified atom stereocenters. The van der Waals surface area contributed by atoms with Crippen LogP contribution in [0.15, 0.2) is 4.99 Å². The maximum absolute atomic E-state index is 10.3. The molecule has 0 amide bonds. The van der Waals surface area contributed by atoms with Gasteiger partial charge in [0.2, 0.25) is 0 Å². The maximum atomic E-state index is 10.3. The molecular weight excluding hydrogens is 612 g/mol. The average Bonchev–Trinajstić information content (AvgIpc) is 2.98. The van der Waals surface area contributed by atoms with Crippen LogP contribution in [0.4, 0.5) is 0 Å². The molecule has 0 aliphatic carbocycles. The normalized spacial score (nSPS) is 11.6. The number of guanidine groups is 1. The van der Waals surface area contributed by atoms with Crippen molar-refractivity contribution in [2.45, 2.75) is 43.3 Å². The first-order valence-corrected chi connectivity index (χ1v) is 14.5. The van der Waals surface area contributed by atoms with Crippen LogP contribution in [0.1, 0.15) is 25.7 Å². The highest BCUT2D eigenvalue weighted by molar-refractivity contribution is 5.75. The smallest absolute Gasteiger partial charge is 0.362 e. The second kappa shape index (κ2) is 38.9. The van der Waals surface area contributed by atoms with Gasteiger partial charge in [-0.15, -0.1) is 0 Å². The molecule has 0 radical (unpaired) electrons. The highest BCUT2D eigenvalue weighted by Gasteiger charge is 2.20. The molecule has 0 heterocycles. The second-order valence-corrected chi connectivity index (χ2v) is 11.0. The number of rotatable bonds is 17. The van der Waals surface area contributed by atoms with Crippen molar-refractivity contribution in [3.63, 3.8) is 0 Å². The number of aliphatic hydroxyl groups excluding tert-OH is 6. The van der Waals surface area contributed by atoms with Crippen LogP contribution in [-0.2, 0) is 9.59 Å². The summed E-state index contributed by atoms with van der Waals surface area (Å²) in [4.78, 5) is 26.0. The fourth-order valence-electron chi connectivity index (χ4n) is 1.78. The van der Waals surface area contributed by atoms with Gasteiger partial charge in [-0.2, -0.15) is 0 Å². The lowest BCUT2D eigenvalue weighted by Gasteiger charge is -2.21. The van der Waals surface area contributed by atoms with Crippen molar-refractivity contribution in [2.24, 2.45) is 39.4 Å². The number of carbonyl (C=O) groups is 2. The first-order valence-electron chi connectivity index (χ1n) is 14.5. The summed E-state index contributed by atoms with van der Waals surface area (Å²) in [5.41, 5.74) is 32.6. The Bertz CT molecular complexity index is 670. The van der Waals surface area contributed by atoms with Crippen molar-refractivity contribution in [1.82, 2.24) is 4.90 Å². The van der Waals surface area contributed by atoms with E-state index < -0.39 is 49.4 Å². The van der Waals surface area contributed by atoms with Gasteiger partial charge in [0.25, 0.3) is 0 Å².